The summed E-state index contributed by atoms with van der Waals surface area (Å²) in [5.74, 6) is -0.160. The largest absolute Gasteiger partial charge is 0.416 e. The molecular weight excluding hydrogens is 293 g/mol. The number of halogens is 3. The average molecular weight is 316 g/mol. The molecule has 1 unspecified atom stereocenters. The Balaban J connectivity index is 2.85. The summed E-state index contributed by atoms with van der Waals surface area (Å²) in [5.41, 5.74) is 5.02. The fraction of sp³-hybridized carbons (Fsp3) is 0.562. The highest BCUT2D eigenvalue weighted by atomic mass is 19.4. The van der Waals surface area contributed by atoms with Gasteiger partial charge in [0, 0.05) is 6.54 Å². The Morgan fingerprint density at radius 3 is 2.05 bits per heavy atom. The van der Waals surface area contributed by atoms with Gasteiger partial charge in [-0.1, -0.05) is 26.0 Å². The van der Waals surface area contributed by atoms with E-state index in [0.717, 1.165) is 12.1 Å². The molecule has 0 saturated heterocycles. The second kappa shape index (κ2) is 7.13. The summed E-state index contributed by atoms with van der Waals surface area (Å²) < 4.78 is 37.6. The zero-order valence-electron chi connectivity index (χ0n) is 13.1. The van der Waals surface area contributed by atoms with Crippen molar-refractivity contribution in [3.8, 4) is 0 Å². The third-order valence-electron chi connectivity index (χ3n) is 4.31. The summed E-state index contributed by atoms with van der Waals surface area (Å²) in [6.07, 6.45) is -3.12. The minimum atomic E-state index is -4.36. The van der Waals surface area contributed by atoms with Gasteiger partial charge in [0.1, 0.15) is 0 Å². The molecule has 0 saturated carbocycles. The number of alkyl halides is 3. The molecule has 1 aromatic rings. The molecule has 0 spiro atoms. The van der Waals surface area contributed by atoms with E-state index in [4.69, 9.17) is 5.73 Å². The van der Waals surface area contributed by atoms with E-state index in [1.54, 1.807) is 6.92 Å². The molecule has 1 atom stereocenters. The predicted molar refractivity (Wildman–Crippen MR) is 80.1 cm³/mol. The van der Waals surface area contributed by atoms with Crippen LogP contribution in [-0.4, -0.2) is 12.5 Å². The Morgan fingerprint density at radius 2 is 1.68 bits per heavy atom. The zero-order valence-corrected chi connectivity index (χ0v) is 13.1. The minimum absolute atomic E-state index is 0.160. The molecule has 0 heterocycles. The van der Waals surface area contributed by atoms with Crippen LogP contribution in [0.2, 0.25) is 0 Å². The van der Waals surface area contributed by atoms with E-state index in [2.05, 4.69) is 5.32 Å². The highest BCUT2D eigenvalue weighted by molar-refractivity contribution is 5.83. The Morgan fingerprint density at radius 1 is 1.18 bits per heavy atom. The van der Waals surface area contributed by atoms with Crippen LogP contribution in [-0.2, 0) is 11.0 Å². The monoisotopic (exact) mass is 316 g/mol. The number of nitrogens with one attached hydrogen (secondary N) is 1. The lowest BCUT2D eigenvalue weighted by Gasteiger charge is -2.30. The van der Waals surface area contributed by atoms with Gasteiger partial charge in [-0.15, -0.1) is 0 Å². The summed E-state index contributed by atoms with van der Waals surface area (Å²) >= 11 is 0. The van der Waals surface area contributed by atoms with E-state index in [1.165, 1.54) is 12.1 Å². The summed E-state index contributed by atoms with van der Waals surface area (Å²) in [4.78, 5) is 12.4. The summed E-state index contributed by atoms with van der Waals surface area (Å²) in [5, 5.41) is 2.85. The molecular formula is C16H23F3N2O. The molecule has 0 aromatic heterocycles. The van der Waals surface area contributed by atoms with Crippen molar-refractivity contribution in [2.75, 3.05) is 6.54 Å². The first-order valence-corrected chi connectivity index (χ1v) is 7.38. The Bertz CT molecular complexity index is 485. The normalized spacial score (nSPS) is 13.8. The molecule has 0 fully saturated rings. The van der Waals surface area contributed by atoms with Crippen molar-refractivity contribution in [2.45, 2.75) is 45.8 Å². The highest BCUT2D eigenvalue weighted by Gasteiger charge is 2.34. The lowest BCUT2D eigenvalue weighted by molar-refractivity contribution is -0.137. The maximum atomic E-state index is 12.5. The first-order chi connectivity index (χ1) is 10.2. The van der Waals surface area contributed by atoms with Crippen LogP contribution in [0.25, 0.3) is 0 Å². The average Bonchev–Trinajstić information content (AvgIpc) is 2.49. The number of amides is 1. The standard InChI is InChI=1S/C16H23F3N2O/c1-4-15(5-2,10-20)14(22)21-11(3)12-6-8-13(9-7-12)16(17,18)19/h6-9,11H,4-5,10,20H2,1-3H3,(H,21,22). The second-order valence-electron chi connectivity index (χ2n) is 5.51. The van der Waals surface area contributed by atoms with Gasteiger partial charge in [0.15, 0.2) is 0 Å². The van der Waals surface area contributed by atoms with Crippen molar-refractivity contribution in [2.24, 2.45) is 11.1 Å². The first kappa shape index (κ1) is 18.5. The van der Waals surface area contributed by atoms with E-state index in [1.807, 2.05) is 13.8 Å². The lowest BCUT2D eigenvalue weighted by atomic mass is 9.81. The number of carbonyl (C=O) groups is 1. The Kier molecular flexibility index (Phi) is 6.00. The number of benzene rings is 1. The van der Waals surface area contributed by atoms with Crippen LogP contribution in [0.5, 0.6) is 0 Å². The van der Waals surface area contributed by atoms with Gasteiger partial charge >= 0.3 is 6.18 Å². The van der Waals surface area contributed by atoms with E-state index in [-0.39, 0.29) is 18.5 Å². The van der Waals surface area contributed by atoms with E-state index < -0.39 is 17.2 Å². The molecule has 1 amide bonds. The molecule has 0 radical (unpaired) electrons. The second-order valence-corrected chi connectivity index (χ2v) is 5.51. The van der Waals surface area contributed by atoms with Crippen molar-refractivity contribution in [3.63, 3.8) is 0 Å². The molecule has 0 aliphatic rings. The van der Waals surface area contributed by atoms with E-state index in [0.29, 0.717) is 18.4 Å². The maximum Gasteiger partial charge on any atom is 0.416 e. The van der Waals surface area contributed by atoms with Gasteiger partial charge in [-0.25, -0.2) is 0 Å². The number of nitrogens with two attached hydrogens (primary N) is 1. The number of hydrogen-bond donors (Lipinski definition) is 2. The van der Waals surface area contributed by atoms with Crippen molar-refractivity contribution < 1.29 is 18.0 Å². The predicted octanol–water partition coefficient (Wildman–Crippen LogP) is 3.65. The van der Waals surface area contributed by atoms with Crippen molar-refractivity contribution in [3.05, 3.63) is 35.4 Å². The molecule has 0 aliphatic carbocycles. The van der Waals surface area contributed by atoms with Crippen molar-refractivity contribution in [1.29, 1.82) is 0 Å². The van der Waals surface area contributed by atoms with Gasteiger partial charge in [0.05, 0.1) is 17.0 Å². The summed E-state index contributed by atoms with van der Waals surface area (Å²) in [7, 11) is 0. The molecule has 6 heteroatoms. The Labute approximate surface area is 129 Å². The van der Waals surface area contributed by atoms with Crippen LogP contribution < -0.4 is 11.1 Å². The Hall–Kier alpha value is -1.56. The van der Waals surface area contributed by atoms with Crippen molar-refractivity contribution >= 4 is 5.91 Å². The van der Waals surface area contributed by atoms with Crippen LogP contribution in [0.15, 0.2) is 24.3 Å². The van der Waals surface area contributed by atoms with Crippen LogP contribution in [0.4, 0.5) is 13.2 Å². The van der Waals surface area contributed by atoms with Gasteiger partial charge in [0.2, 0.25) is 5.91 Å². The van der Waals surface area contributed by atoms with E-state index >= 15 is 0 Å². The van der Waals surface area contributed by atoms with Crippen LogP contribution in [0.3, 0.4) is 0 Å². The molecule has 3 nitrogen and oxygen atoms in total. The third kappa shape index (κ3) is 4.00. The zero-order chi connectivity index (χ0) is 17.0. The van der Waals surface area contributed by atoms with Crippen LogP contribution in [0, 0.1) is 5.41 Å². The molecule has 0 aliphatic heterocycles. The number of hydrogen-bond acceptors (Lipinski definition) is 2. The van der Waals surface area contributed by atoms with Gasteiger partial charge in [-0.2, -0.15) is 13.2 Å². The first-order valence-electron chi connectivity index (χ1n) is 7.38. The van der Waals surface area contributed by atoms with Crippen LogP contribution >= 0.6 is 0 Å². The van der Waals surface area contributed by atoms with Gasteiger partial charge in [-0.05, 0) is 37.5 Å². The molecule has 1 rings (SSSR count). The van der Waals surface area contributed by atoms with Gasteiger partial charge < -0.3 is 11.1 Å². The lowest BCUT2D eigenvalue weighted by Crippen LogP contribution is -2.46. The summed E-state index contributed by atoms with van der Waals surface area (Å²) in [6, 6.07) is 4.44. The fourth-order valence-electron chi connectivity index (χ4n) is 2.35. The quantitative estimate of drug-likeness (QED) is 0.842. The third-order valence-corrected chi connectivity index (χ3v) is 4.31. The SMILES string of the molecule is CCC(CC)(CN)C(=O)NC(C)c1ccc(C(F)(F)F)cc1. The van der Waals surface area contributed by atoms with Crippen molar-refractivity contribution in [1.82, 2.24) is 5.32 Å². The summed E-state index contributed by atoms with van der Waals surface area (Å²) in [6.45, 7) is 5.79. The molecule has 124 valence electrons. The minimum Gasteiger partial charge on any atom is -0.349 e. The molecule has 0 bridgehead atoms. The maximum absolute atomic E-state index is 12.5. The van der Waals surface area contributed by atoms with Gasteiger partial charge in [-0.3, -0.25) is 4.79 Å². The molecule has 22 heavy (non-hydrogen) atoms. The number of rotatable bonds is 6. The number of carbonyl (C=O) groups excluding carboxylic acids is 1. The fourth-order valence-corrected chi connectivity index (χ4v) is 2.35. The van der Waals surface area contributed by atoms with E-state index in [9.17, 15) is 18.0 Å². The molecule has 3 N–H and O–H groups in total. The topological polar surface area (TPSA) is 55.1 Å². The highest BCUT2D eigenvalue weighted by Crippen LogP contribution is 2.30. The van der Waals surface area contributed by atoms with Gasteiger partial charge in [0.25, 0.3) is 0 Å². The molecule has 1 aromatic carbocycles. The smallest absolute Gasteiger partial charge is 0.349 e. The van der Waals surface area contributed by atoms with Crippen LogP contribution in [0.1, 0.15) is 50.8 Å².